The Hall–Kier alpha value is -3.15. The number of aryl methyl sites for hydroxylation is 1. The molecule has 1 saturated heterocycles. The van der Waals surface area contributed by atoms with Gasteiger partial charge in [-0.2, -0.15) is 0 Å². The van der Waals surface area contributed by atoms with E-state index in [1.807, 2.05) is 31.2 Å². The smallest absolute Gasteiger partial charge is 0.324 e. The summed E-state index contributed by atoms with van der Waals surface area (Å²) in [5, 5.41) is 5.41. The number of para-hydroxylation sites is 1. The topological polar surface area (TPSA) is 78.5 Å². The van der Waals surface area contributed by atoms with Gasteiger partial charge in [-0.05, 0) is 31.0 Å². The molecule has 0 bridgehead atoms. The van der Waals surface area contributed by atoms with E-state index in [0.29, 0.717) is 11.3 Å². The average molecular weight is 337 g/mol. The molecule has 4 amide bonds. The van der Waals surface area contributed by atoms with Crippen molar-refractivity contribution in [3.63, 3.8) is 0 Å². The van der Waals surface area contributed by atoms with Crippen molar-refractivity contribution >= 4 is 23.5 Å². The van der Waals surface area contributed by atoms with Gasteiger partial charge in [0.1, 0.15) is 12.1 Å². The minimum absolute atomic E-state index is 0.411. The molecule has 3 rings (SSSR count). The van der Waals surface area contributed by atoms with Gasteiger partial charge >= 0.3 is 6.03 Å². The Kier molecular flexibility index (Phi) is 4.52. The van der Waals surface area contributed by atoms with E-state index in [1.165, 1.54) is 0 Å². The maximum Gasteiger partial charge on any atom is 0.325 e. The molecule has 0 saturated carbocycles. The quantitative estimate of drug-likeness (QED) is 0.842. The second-order valence-corrected chi connectivity index (χ2v) is 5.98. The van der Waals surface area contributed by atoms with Gasteiger partial charge < -0.3 is 10.6 Å². The highest BCUT2D eigenvalue weighted by molar-refractivity contribution is 6.09. The lowest BCUT2D eigenvalue weighted by molar-refractivity contribution is -0.133. The third kappa shape index (κ3) is 3.24. The predicted molar refractivity (Wildman–Crippen MR) is 93.8 cm³/mol. The summed E-state index contributed by atoms with van der Waals surface area (Å²) in [5.74, 6) is -0.838. The number of amides is 4. The van der Waals surface area contributed by atoms with Gasteiger partial charge in [0.25, 0.3) is 5.91 Å². The maximum absolute atomic E-state index is 12.6. The van der Waals surface area contributed by atoms with E-state index in [0.717, 1.165) is 10.5 Å². The normalized spacial score (nSPS) is 18.0. The minimum atomic E-state index is -0.916. The Morgan fingerprint density at radius 1 is 1.08 bits per heavy atom. The molecule has 2 aromatic carbocycles. The zero-order valence-corrected chi connectivity index (χ0v) is 14.0. The Balaban J connectivity index is 1.76. The first-order valence-electron chi connectivity index (χ1n) is 8.04. The van der Waals surface area contributed by atoms with E-state index in [1.54, 1.807) is 37.3 Å². The second kappa shape index (κ2) is 6.76. The monoisotopic (exact) mass is 337 g/mol. The number of urea groups is 1. The number of benzene rings is 2. The van der Waals surface area contributed by atoms with Crippen LogP contribution in [0, 0.1) is 6.92 Å². The van der Waals surface area contributed by atoms with E-state index in [-0.39, 0.29) is 0 Å². The third-order valence-corrected chi connectivity index (χ3v) is 4.27. The van der Waals surface area contributed by atoms with Crippen LogP contribution in [0.15, 0.2) is 54.6 Å². The van der Waals surface area contributed by atoms with E-state index in [9.17, 15) is 14.4 Å². The van der Waals surface area contributed by atoms with Crippen molar-refractivity contribution in [1.82, 2.24) is 10.2 Å². The van der Waals surface area contributed by atoms with Crippen molar-refractivity contribution in [3.8, 4) is 0 Å². The number of nitrogens with zero attached hydrogens (tertiary/aromatic N) is 1. The molecule has 1 heterocycles. The molecule has 0 aliphatic carbocycles. The standard InChI is InChI=1S/C19H19N3O3/c1-12-8-6-7-11-15(12)20-17(23)13(2)22-18(24)16(21-19(22)25)14-9-4-3-5-10-14/h3-11,13,16H,1-2H3,(H,20,23)(H,21,25). The number of hydrogen-bond donors (Lipinski definition) is 2. The van der Waals surface area contributed by atoms with E-state index in [2.05, 4.69) is 10.6 Å². The number of hydrogen-bond acceptors (Lipinski definition) is 3. The number of carbonyl (C=O) groups is 3. The van der Waals surface area contributed by atoms with Gasteiger partial charge in [0, 0.05) is 5.69 Å². The number of carbonyl (C=O) groups excluding carboxylic acids is 3. The molecule has 6 nitrogen and oxygen atoms in total. The predicted octanol–water partition coefficient (Wildman–Crippen LogP) is 2.62. The van der Waals surface area contributed by atoms with Crippen LogP contribution in [0.2, 0.25) is 0 Å². The molecule has 25 heavy (non-hydrogen) atoms. The molecule has 1 aliphatic rings. The van der Waals surface area contributed by atoms with Crippen LogP contribution in [0.25, 0.3) is 0 Å². The molecule has 0 radical (unpaired) electrons. The van der Waals surface area contributed by atoms with Gasteiger partial charge in [-0.15, -0.1) is 0 Å². The Bertz CT molecular complexity index is 820. The van der Waals surface area contributed by atoms with Crippen molar-refractivity contribution < 1.29 is 14.4 Å². The van der Waals surface area contributed by atoms with E-state index in [4.69, 9.17) is 0 Å². The zero-order valence-electron chi connectivity index (χ0n) is 14.0. The molecule has 2 unspecified atom stereocenters. The van der Waals surface area contributed by atoms with Crippen LogP contribution in [-0.2, 0) is 9.59 Å². The summed E-state index contributed by atoms with van der Waals surface area (Å²) in [4.78, 5) is 38.4. The summed E-state index contributed by atoms with van der Waals surface area (Å²) < 4.78 is 0. The summed E-state index contributed by atoms with van der Waals surface area (Å²) in [5.41, 5.74) is 2.25. The Morgan fingerprint density at radius 3 is 2.40 bits per heavy atom. The van der Waals surface area contributed by atoms with Crippen molar-refractivity contribution in [1.29, 1.82) is 0 Å². The van der Waals surface area contributed by atoms with Crippen LogP contribution in [0.3, 0.4) is 0 Å². The SMILES string of the molecule is Cc1ccccc1NC(=O)C(C)N1C(=O)NC(c2ccccc2)C1=O. The highest BCUT2D eigenvalue weighted by Crippen LogP contribution is 2.24. The Labute approximate surface area is 145 Å². The zero-order chi connectivity index (χ0) is 18.0. The largest absolute Gasteiger partial charge is 0.325 e. The highest BCUT2D eigenvalue weighted by atomic mass is 16.2. The fourth-order valence-electron chi connectivity index (χ4n) is 2.80. The summed E-state index contributed by atoms with van der Waals surface area (Å²) in [6, 6.07) is 14.1. The minimum Gasteiger partial charge on any atom is -0.324 e. The van der Waals surface area contributed by atoms with Gasteiger partial charge in [0.15, 0.2) is 0 Å². The second-order valence-electron chi connectivity index (χ2n) is 5.98. The van der Waals surface area contributed by atoms with Crippen LogP contribution in [-0.4, -0.2) is 28.8 Å². The van der Waals surface area contributed by atoms with Crippen LogP contribution in [0.1, 0.15) is 24.1 Å². The third-order valence-electron chi connectivity index (χ3n) is 4.27. The number of rotatable bonds is 4. The first kappa shape index (κ1) is 16.7. The lowest BCUT2D eigenvalue weighted by Crippen LogP contribution is -2.45. The average Bonchev–Trinajstić information content (AvgIpc) is 2.91. The van der Waals surface area contributed by atoms with E-state index >= 15 is 0 Å². The summed E-state index contributed by atoms with van der Waals surface area (Å²) in [7, 11) is 0. The lowest BCUT2D eigenvalue weighted by Gasteiger charge is -2.21. The molecular weight excluding hydrogens is 318 g/mol. The molecule has 2 N–H and O–H groups in total. The van der Waals surface area contributed by atoms with Crippen LogP contribution in [0.4, 0.5) is 10.5 Å². The van der Waals surface area contributed by atoms with Gasteiger partial charge in [0.05, 0.1) is 0 Å². The van der Waals surface area contributed by atoms with Crippen molar-refractivity contribution in [2.75, 3.05) is 5.32 Å². The maximum atomic E-state index is 12.6. The summed E-state index contributed by atoms with van der Waals surface area (Å²) >= 11 is 0. The molecule has 1 aliphatic heterocycles. The molecule has 0 aromatic heterocycles. The lowest BCUT2D eigenvalue weighted by atomic mass is 10.1. The van der Waals surface area contributed by atoms with Gasteiger partial charge in [-0.3, -0.25) is 9.59 Å². The van der Waals surface area contributed by atoms with Gasteiger partial charge in [-0.25, -0.2) is 9.69 Å². The molecule has 128 valence electrons. The van der Waals surface area contributed by atoms with Crippen molar-refractivity contribution in [2.24, 2.45) is 0 Å². The van der Waals surface area contributed by atoms with Crippen LogP contribution < -0.4 is 10.6 Å². The summed E-state index contributed by atoms with van der Waals surface area (Å²) in [6.45, 7) is 3.41. The molecule has 2 atom stereocenters. The van der Waals surface area contributed by atoms with Gasteiger partial charge in [-0.1, -0.05) is 48.5 Å². The number of anilines is 1. The van der Waals surface area contributed by atoms with Crippen molar-refractivity contribution in [2.45, 2.75) is 25.9 Å². The molecule has 1 fully saturated rings. The highest BCUT2D eigenvalue weighted by Gasteiger charge is 2.43. The first-order chi connectivity index (χ1) is 12.0. The number of imide groups is 1. The fraction of sp³-hybridized carbons (Fsp3) is 0.211. The van der Waals surface area contributed by atoms with Crippen LogP contribution in [0.5, 0.6) is 0 Å². The van der Waals surface area contributed by atoms with Crippen molar-refractivity contribution in [3.05, 3.63) is 65.7 Å². The van der Waals surface area contributed by atoms with E-state index < -0.39 is 29.9 Å². The fourth-order valence-corrected chi connectivity index (χ4v) is 2.80. The molecular formula is C19H19N3O3. The molecule has 6 heteroatoms. The molecule has 2 aromatic rings. The van der Waals surface area contributed by atoms with Gasteiger partial charge in [0.2, 0.25) is 5.91 Å². The number of nitrogens with one attached hydrogen (secondary N) is 2. The summed E-state index contributed by atoms with van der Waals surface area (Å²) in [6.07, 6.45) is 0. The Morgan fingerprint density at radius 2 is 1.72 bits per heavy atom. The van der Waals surface area contributed by atoms with Crippen LogP contribution >= 0.6 is 0 Å². The molecule has 0 spiro atoms. The first-order valence-corrected chi connectivity index (χ1v) is 8.04.